The quantitative estimate of drug-likeness (QED) is 0.297. The molecule has 0 aromatic heterocycles. The maximum atomic E-state index is 13.9. The third-order valence-electron chi connectivity index (χ3n) is 10.3. The van der Waals surface area contributed by atoms with Crippen molar-refractivity contribution >= 4 is 29.5 Å². The average molecular weight is 602 g/mol. The van der Waals surface area contributed by atoms with Gasteiger partial charge in [0.15, 0.2) is 0 Å². The molecule has 10 nitrogen and oxygen atoms in total. The van der Waals surface area contributed by atoms with E-state index in [1.165, 1.54) is 30.6 Å². The molecule has 5 amide bonds. The van der Waals surface area contributed by atoms with E-state index in [1.807, 2.05) is 20.8 Å². The summed E-state index contributed by atoms with van der Waals surface area (Å²) in [6.07, 6.45) is 12.6. The molecule has 1 aliphatic heterocycles. The Kier molecular flexibility index (Phi) is 10.5. The SMILES string of the molecule is CC(C)(C)[C@H](NC(=O)NC12CC3CC(CC(C3)C1)C2)C(=O)N1CCCC1C(=O)NC(CC1CCC1)C(=O)C(N)=O.CCC. The molecule has 6 aliphatic rings. The number of urea groups is 1. The number of ketones is 1. The van der Waals surface area contributed by atoms with Crippen LogP contribution < -0.4 is 21.7 Å². The lowest BCUT2D eigenvalue weighted by Crippen LogP contribution is -2.65. The number of amides is 5. The molecule has 0 spiro atoms. The highest BCUT2D eigenvalue weighted by atomic mass is 16.2. The normalized spacial score (nSPS) is 30.8. The van der Waals surface area contributed by atoms with Crippen molar-refractivity contribution in [2.24, 2.45) is 34.8 Å². The molecule has 5 aliphatic carbocycles. The number of Topliss-reactive ketones (excluding diaryl/α,β-unsaturated/α-hetero) is 1. The second kappa shape index (κ2) is 13.6. The number of hydrogen-bond donors (Lipinski definition) is 4. The summed E-state index contributed by atoms with van der Waals surface area (Å²) >= 11 is 0. The van der Waals surface area contributed by atoms with Crippen LogP contribution in [0.2, 0.25) is 0 Å². The van der Waals surface area contributed by atoms with Gasteiger partial charge in [0.1, 0.15) is 12.1 Å². The van der Waals surface area contributed by atoms with Gasteiger partial charge in [-0.05, 0) is 86.9 Å². The molecular formula is C33H55N5O5. The number of nitrogens with two attached hydrogens (primary N) is 1. The summed E-state index contributed by atoms with van der Waals surface area (Å²) in [6, 6.07) is -2.89. The van der Waals surface area contributed by atoms with E-state index in [4.69, 9.17) is 5.73 Å². The van der Waals surface area contributed by atoms with Crippen molar-refractivity contribution in [1.29, 1.82) is 0 Å². The van der Waals surface area contributed by atoms with Crippen LogP contribution >= 0.6 is 0 Å². The molecule has 6 rings (SSSR count). The topological polar surface area (TPSA) is 151 Å². The predicted molar refractivity (Wildman–Crippen MR) is 165 cm³/mol. The van der Waals surface area contributed by atoms with Gasteiger partial charge in [0, 0.05) is 12.1 Å². The molecule has 5 saturated carbocycles. The molecule has 0 aromatic carbocycles. The number of likely N-dealkylation sites (tertiary alicyclic amines) is 1. The minimum Gasteiger partial charge on any atom is -0.363 e. The van der Waals surface area contributed by atoms with Crippen LogP contribution in [0.15, 0.2) is 0 Å². The van der Waals surface area contributed by atoms with Gasteiger partial charge in [0.05, 0.1) is 6.04 Å². The first kappa shape index (κ1) is 33.2. The zero-order valence-electron chi connectivity index (χ0n) is 27.0. The van der Waals surface area contributed by atoms with E-state index in [0.717, 1.165) is 38.5 Å². The number of nitrogens with zero attached hydrogens (tertiary/aromatic N) is 1. The number of hydrogen-bond acceptors (Lipinski definition) is 5. The Hall–Kier alpha value is -2.65. The first-order valence-corrected chi connectivity index (χ1v) is 16.8. The summed E-state index contributed by atoms with van der Waals surface area (Å²) in [5.74, 6) is -0.285. The molecule has 0 radical (unpaired) electrons. The van der Waals surface area contributed by atoms with Crippen LogP contribution in [0.5, 0.6) is 0 Å². The lowest BCUT2D eigenvalue weighted by Gasteiger charge is -2.56. The number of primary amides is 1. The molecule has 2 unspecified atom stereocenters. The fourth-order valence-electron chi connectivity index (χ4n) is 8.52. The van der Waals surface area contributed by atoms with Gasteiger partial charge < -0.3 is 26.6 Å². The van der Waals surface area contributed by atoms with E-state index in [1.54, 1.807) is 0 Å². The zero-order chi connectivity index (χ0) is 31.5. The number of carbonyl (C=O) groups excluding carboxylic acids is 5. The second-order valence-corrected chi connectivity index (χ2v) is 15.3. The highest BCUT2D eigenvalue weighted by molar-refractivity contribution is 6.37. The Morgan fingerprint density at radius 3 is 1.91 bits per heavy atom. The van der Waals surface area contributed by atoms with Crippen LogP contribution in [-0.2, 0) is 19.2 Å². The molecule has 3 atom stereocenters. The fraction of sp³-hybridized carbons (Fsp3) is 0.848. The van der Waals surface area contributed by atoms with E-state index in [9.17, 15) is 24.0 Å². The van der Waals surface area contributed by atoms with E-state index in [-0.39, 0.29) is 23.4 Å². The Morgan fingerprint density at radius 2 is 1.44 bits per heavy atom. The van der Waals surface area contributed by atoms with Gasteiger partial charge in [0.25, 0.3) is 5.91 Å². The van der Waals surface area contributed by atoms with Crippen LogP contribution in [-0.4, -0.2) is 64.6 Å². The van der Waals surface area contributed by atoms with Gasteiger partial charge in [-0.1, -0.05) is 60.3 Å². The molecule has 242 valence electrons. The van der Waals surface area contributed by atoms with Crippen molar-refractivity contribution in [3.05, 3.63) is 0 Å². The Morgan fingerprint density at radius 1 is 0.884 bits per heavy atom. The molecule has 43 heavy (non-hydrogen) atoms. The molecule has 10 heteroatoms. The van der Waals surface area contributed by atoms with Gasteiger partial charge in [-0.15, -0.1) is 0 Å². The van der Waals surface area contributed by atoms with Crippen LogP contribution in [0.3, 0.4) is 0 Å². The minimum atomic E-state index is -1.06. The van der Waals surface area contributed by atoms with Crippen molar-refractivity contribution in [3.63, 3.8) is 0 Å². The smallest absolute Gasteiger partial charge is 0.315 e. The van der Waals surface area contributed by atoms with Crippen LogP contribution in [0, 0.1) is 29.1 Å². The largest absolute Gasteiger partial charge is 0.363 e. The minimum absolute atomic E-state index is 0.178. The third kappa shape index (κ3) is 7.90. The Bertz CT molecular complexity index is 1030. The monoisotopic (exact) mass is 601 g/mol. The second-order valence-electron chi connectivity index (χ2n) is 15.3. The summed E-state index contributed by atoms with van der Waals surface area (Å²) in [5.41, 5.74) is 4.50. The highest BCUT2D eigenvalue weighted by Gasteiger charge is 2.52. The maximum Gasteiger partial charge on any atom is 0.315 e. The lowest BCUT2D eigenvalue weighted by atomic mass is 9.53. The first-order valence-electron chi connectivity index (χ1n) is 16.8. The van der Waals surface area contributed by atoms with Crippen molar-refractivity contribution < 1.29 is 24.0 Å². The van der Waals surface area contributed by atoms with Crippen LogP contribution in [0.4, 0.5) is 4.79 Å². The molecule has 6 fully saturated rings. The average Bonchev–Trinajstić information content (AvgIpc) is 3.36. The molecule has 1 heterocycles. The third-order valence-corrected chi connectivity index (χ3v) is 10.3. The summed E-state index contributed by atoms with van der Waals surface area (Å²) in [6.45, 7) is 10.4. The summed E-state index contributed by atoms with van der Waals surface area (Å²) < 4.78 is 0. The van der Waals surface area contributed by atoms with Crippen molar-refractivity contribution in [2.75, 3.05) is 6.54 Å². The lowest BCUT2D eigenvalue weighted by molar-refractivity contribution is -0.143. The molecule has 5 N–H and O–H groups in total. The standard InChI is InChI=1S/C30H47N5O5.C3H8/c1-29(2,3)24(33-28(40)34-30-14-18-10-19(15-30)12-20(11-18)16-30)27(39)35-9-5-8-22(35)26(38)32-21(23(36)25(31)37)13-17-6-4-7-17;1-3-2/h17-22,24H,4-16H2,1-3H3,(H2,31,37)(H,32,38)(H2,33,34,40);3H2,1-2H3/t18?,19?,20?,21?,22?,24-,30?;/m1./s1. The number of nitrogens with one attached hydrogen (secondary N) is 3. The molecule has 1 saturated heterocycles. The Labute approximate surface area is 257 Å². The van der Waals surface area contributed by atoms with Gasteiger partial charge in [-0.25, -0.2) is 4.79 Å². The summed E-state index contributed by atoms with van der Waals surface area (Å²) in [7, 11) is 0. The summed E-state index contributed by atoms with van der Waals surface area (Å²) in [5, 5.41) is 9.04. The van der Waals surface area contributed by atoms with Crippen molar-refractivity contribution in [1.82, 2.24) is 20.9 Å². The zero-order valence-corrected chi connectivity index (χ0v) is 27.0. The van der Waals surface area contributed by atoms with Gasteiger partial charge in [0.2, 0.25) is 17.6 Å². The molecule has 0 aromatic rings. The number of rotatable bonds is 9. The van der Waals surface area contributed by atoms with E-state index < -0.39 is 41.1 Å². The van der Waals surface area contributed by atoms with E-state index in [2.05, 4.69) is 29.8 Å². The molecular weight excluding hydrogens is 546 g/mol. The van der Waals surface area contributed by atoms with Crippen LogP contribution in [0.1, 0.15) is 118 Å². The van der Waals surface area contributed by atoms with Gasteiger partial charge in [-0.3, -0.25) is 19.2 Å². The van der Waals surface area contributed by atoms with Gasteiger partial charge in [-0.2, -0.15) is 0 Å². The predicted octanol–water partition coefficient (Wildman–Crippen LogP) is 3.81. The van der Waals surface area contributed by atoms with E-state index >= 15 is 0 Å². The Balaban J connectivity index is 0.00000135. The molecule has 4 bridgehead atoms. The fourth-order valence-corrected chi connectivity index (χ4v) is 8.52. The first-order chi connectivity index (χ1) is 20.2. The van der Waals surface area contributed by atoms with Crippen molar-refractivity contribution in [2.45, 2.75) is 142 Å². The number of carbonyl (C=O) groups is 5. The van der Waals surface area contributed by atoms with Gasteiger partial charge >= 0.3 is 6.03 Å². The van der Waals surface area contributed by atoms with Crippen LogP contribution in [0.25, 0.3) is 0 Å². The van der Waals surface area contributed by atoms with Crippen molar-refractivity contribution in [3.8, 4) is 0 Å². The summed E-state index contributed by atoms with van der Waals surface area (Å²) in [4.78, 5) is 66.4. The highest BCUT2D eigenvalue weighted by Crippen LogP contribution is 2.55. The van der Waals surface area contributed by atoms with E-state index in [0.29, 0.717) is 43.6 Å². The maximum absolute atomic E-state index is 13.9.